The van der Waals surface area contributed by atoms with E-state index in [-0.39, 0.29) is 18.7 Å². The molecule has 0 fully saturated rings. The fourth-order valence-corrected chi connectivity index (χ4v) is 4.21. The number of nitrogens with two attached hydrogens (primary N) is 1. The lowest BCUT2D eigenvalue weighted by Crippen LogP contribution is -2.48. The normalized spacial score (nSPS) is 13.4. The van der Waals surface area contributed by atoms with Crippen LogP contribution in [0.2, 0.25) is 0 Å². The highest BCUT2D eigenvalue weighted by molar-refractivity contribution is 7.09. The van der Waals surface area contributed by atoms with E-state index in [9.17, 15) is 14.7 Å². The molecule has 2 aromatic carbocycles. The molecule has 0 aliphatic heterocycles. The van der Waals surface area contributed by atoms with Crippen molar-refractivity contribution in [3.8, 4) is 0 Å². The second-order valence-electron chi connectivity index (χ2n) is 8.34. The number of aliphatic hydroxyl groups is 1. The standard InChI is InChI=1S/C26H32N4O4S/c27-24(16-31)25(32)29-21(13-19-7-3-1-4-8-19)11-12-22(14-20-9-5-2-6-10-20)30-26(33)34-17-23-15-28-18-35-23/h1-10,15,18,21-22,24,31H,11-14,16-17,27H2,(H,29,32)(H,30,33)/t21-,22-,24-/m0/s1. The van der Waals surface area contributed by atoms with Gasteiger partial charge in [0.05, 0.1) is 17.0 Å². The van der Waals surface area contributed by atoms with Gasteiger partial charge in [0.2, 0.25) is 5.91 Å². The molecule has 0 unspecified atom stereocenters. The number of amides is 2. The van der Waals surface area contributed by atoms with Gasteiger partial charge in [-0.05, 0) is 36.8 Å². The molecule has 0 saturated carbocycles. The quantitative estimate of drug-likeness (QED) is 0.288. The van der Waals surface area contributed by atoms with Crippen LogP contribution in [0.15, 0.2) is 72.4 Å². The molecule has 5 N–H and O–H groups in total. The van der Waals surface area contributed by atoms with Crippen molar-refractivity contribution in [3.05, 3.63) is 88.4 Å². The Hall–Kier alpha value is -3.27. The van der Waals surface area contributed by atoms with Crippen molar-refractivity contribution in [3.63, 3.8) is 0 Å². The molecular formula is C26H32N4O4S. The molecule has 1 heterocycles. The molecule has 0 radical (unpaired) electrons. The number of aromatic nitrogens is 1. The summed E-state index contributed by atoms with van der Waals surface area (Å²) < 4.78 is 5.37. The van der Waals surface area contributed by atoms with E-state index < -0.39 is 24.6 Å². The molecule has 3 rings (SSSR count). The third-order valence-corrected chi connectivity index (χ3v) is 6.30. The number of alkyl carbamates (subject to hydrolysis) is 1. The van der Waals surface area contributed by atoms with E-state index in [4.69, 9.17) is 10.5 Å². The van der Waals surface area contributed by atoms with Crippen molar-refractivity contribution in [2.45, 2.75) is 50.4 Å². The van der Waals surface area contributed by atoms with Gasteiger partial charge in [-0.1, -0.05) is 60.7 Å². The Kier molecular flexibility index (Phi) is 10.7. The van der Waals surface area contributed by atoms with Crippen molar-refractivity contribution in [2.24, 2.45) is 5.73 Å². The Morgan fingerprint density at radius 3 is 2.03 bits per heavy atom. The number of nitrogens with one attached hydrogen (secondary N) is 2. The Labute approximate surface area is 209 Å². The average Bonchev–Trinajstić information content (AvgIpc) is 3.40. The monoisotopic (exact) mass is 496 g/mol. The van der Waals surface area contributed by atoms with Gasteiger partial charge in [-0.2, -0.15) is 0 Å². The Morgan fingerprint density at radius 2 is 1.51 bits per heavy atom. The number of benzene rings is 2. The highest BCUT2D eigenvalue weighted by Crippen LogP contribution is 2.14. The summed E-state index contributed by atoms with van der Waals surface area (Å²) in [6.07, 6.45) is 3.62. The number of carbonyl (C=O) groups excluding carboxylic acids is 2. The maximum absolute atomic E-state index is 12.5. The van der Waals surface area contributed by atoms with Crippen LogP contribution in [0, 0.1) is 0 Å². The molecule has 3 atom stereocenters. The maximum Gasteiger partial charge on any atom is 0.407 e. The van der Waals surface area contributed by atoms with Crippen LogP contribution in [0.1, 0.15) is 28.8 Å². The predicted molar refractivity (Wildman–Crippen MR) is 136 cm³/mol. The summed E-state index contributed by atoms with van der Waals surface area (Å²) in [7, 11) is 0. The Balaban J connectivity index is 1.65. The summed E-state index contributed by atoms with van der Waals surface area (Å²) in [6, 6.07) is 18.4. The molecule has 35 heavy (non-hydrogen) atoms. The first kappa shape index (κ1) is 26.3. The van der Waals surface area contributed by atoms with Crippen LogP contribution in [0.4, 0.5) is 4.79 Å². The Morgan fingerprint density at radius 1 is 0.943 bits per heavy atom. The highest BCUT2D eigenvalue weighted by atomic mass is 32.1. The molecule has 186 valence electrons. The van der Waals surface area contributed by atoms with Crippen molar-refractivity contribution in [2.75, 3.05) is 6.61 Å². The fraction of sp³-hybridized carbons (Fsp3) is 0.346. The lowest BCUT2D eigenvalue weighted by molar-refractivity contribution is -0.123. The summed E-state index contributed by atoms with van der Waals surface area (Å²) in [5, 5.41) is 15.2. The van der Waals surface area contributed by atoms with Crippen LogP contribution >= 0.6 is 11.3 Å². The first-order chi connectivity index (χ1) is 17.0. The van der Waals surface area contributed by atoms with Gasteiger partial charge in [0.1, 0.15) is 12.6 Å². The average molecular weight is 497 g/mol. The molecule has 0 aliphatic carbocycles. The van der Waals surface area contributed by atoms with Crippen molar-refractivity contribution in [1.82, 2.24) is 15.6 Å². The second kappa shape index (κ2) is 14.2. The molecule has 8 nitrogen and oxygen atoms in total. The smallest absolute Gasteiger partial charge is 0.407 e. The van der Waals surface area contributed by atoms with Gasteiger partial charge in [-0.3, -0.25) is 9.78 Å². The van der Waals surface area contributed by atoms with Crippen LogP contribution in [-0.4, -0.2) is 46.8 Å². The van der Waals surface area contributed by atoms with E-state index in [2.05, 4.69) is 15.6 Å². The number of rotatable bonds is 13. The topological polar surface area (TPSA) is 127 Å². The van der Waals surface area contributed by atoms with E-state index in [1.807, 2.05) is 60.7 Å². The summed E-state index contributed by atoms with van der Waals surface area (Å²) >= 11 is 1.43. The summed E-state index contributed by atoms with van der Waals surface area (Å²) in [5.74, 6) is -0.398. The number of ether oxygens (including phenoxy) is 1. The molecule has 2 amide bonds. The zero-order valence-electron chi connectivity index (χ0n) is 19.5. The van der Waals surface area contributed by atoms with Gasteiger partial charge in [-0.25, -0.2) is 4.79 Å². The third-order valence-electron chi connectivity index (χ3n) is 5.54. The van der Waals surface area contributed by atoms with Crippen molar-refractivity contribution in [1.29, 1.82) is 0 Å². The molecule has 0 saturated heterocycles. The van der Waals surface area contributed by atoms with Gasteiger partial charge in [0.15, 0.2) is 0 Å². The van der Waals surface area contributed by atoms with E-state index in [0.717, 1.165) is 16.0 Å². The lowest BCUT2D eigenvalue weighted by atomic mass is 9.96. The van der Waals surface area contributed by atoms with Gasteiger partial charge >= 0.3 is 6.09 Å². The molecular weight excluding hydrogens is 464 g/mol. The predicted octanol–water partition coefficient (Wildman–Crippen LogP) is 2.81. The van der Waals surface area contributed by atoms with E-state index in [1.54, 1.807) is 11.7 Å². The largest absolute Gasteiger partial charge is 0.444 e. The van der Waals surface area contributed by atoms with Gasteiger partial charge in [0, 0.05) is 18.3 Å². The van der Waals surface area contributed by atoms with Gasteiger partial charge in [0.25, 0.3) is 0 Å². The highest BCUT2D eigenvalue weighted by Gasteiger charge is 2.21. The number of nitrogens with zero attached hydrogens (tertiary/aromatic N) is 1. The van der Waals surface area contributed by atoms with Crippen LogP contribution in [0.25, 0.3) is 0 Å². The second-order valence-corrected chi connectivity index (χ2v) is 9.31. The van der Waals surface area contributed by atoms with E-state index in [0.29, 0.717) is 25.7 Å². The van der Waals surface area contributed by atoms with Gasteiger partial charge in [-0.15, -0.1) is 11.3 Å². The van der Waals surface area contributed by atoms with E-state index >= 15 is 0 Å². The number of hydrogen-bond donors (Lipinski definition) is 4. The van der Waals surface area contributed by atoms with Crippen molar-refractivity contribution >= 4 is 23.3 Å². The molecule has 1 aromatic heterocycles. The summed E-state index contributed by atoms with van der Waals surface area (Å²) in [5.41, 5.74) is 9.57. The van der Waals surface area contributed by atoms with Crippen LogP contribution in [0.3, 0.4) is 0 Å². The molecule has 3 aromatic rings. The minimum absolute atomic E-state index is 0.167. The Bertz CT molecular complexity index is 1020. The van der Waals surface area contributed by atoms with Crippen LogP contribution in [0.5, 0.6) is 0 Å². The number of carbonyl (C=O) groups is 2. The summed E-state index contributed by atoms with van der Waals surface area (Å²) in [6.45, 7) is -0.256. The van der Waals surface area contributed by atoms with Crippen molar-refractivity contribution < 1.29 is 19.4 Å². The third kappa shape index (κ3) is 9.48. The van der Waals surface area contributed by atoms with Gasteiger partial charge < -0.3 is 26.2 Å². The molecule has 9 heteroatoms. The zero-order chi connectivity index (χ0) is 24.9. The molecule has 0 spiro atoms. The SMILES string of the molecule is N[C@@H](CO)C(=O)N[C@@H](CC[C@@H](Cc1ccccc1)NC(=O)OCc1cncs1)Cc1ccccc1. The molecule has 0 aliphatic rings. The summed E-state index contributed by atoms with van der Waals surface area (Å²) in [4.78, 5) is 29.8. The van der Waals surface area contributed by atoms with E-state index in [1.165, 1.54) is 11.3 Å². The first-order valence-electron chi connectivity index (χ1n) is 11.6. The maximum atomic E-state index is 12.5. The number of aliphatic hydroxyl groups excluding tert-OH is 1. The van der Waals surface area contributed by atoms with Crippen LogP contribution in [-0.2, 0) is 29.0 Å². The zero-order valence-corrected chi connectivity index (χ0v) is 20.3. The lowest BCUT2D eigenvalue weighted by Gasteiger charge is -2.24. The molecule has 0 bridgehead atoms. The van der Waals surface area contributed by atoms with Crippen LogP contribution < -0.4 is 16.4 Å². The minimum Gasteiger partial charge on any atom is -0.444 e. The fourth-order valence-electron chi connectivity index (χ4n) is 3.70. The number of hydrogen-bond acceptors (Lipinski definition) is 7. The first-order valence-corrected chi connectivity index (χ1v) is 12.5. The number of thiazole rings is 1. The minimum atomic E-state index is -0.978.